The summed E-state index contributed by atoms with van der Waals surface area (Å²) in [5.74, 6) is 0.0759. The van der Waals surface area contributed by atoms with E-state index in [9.17, 15) is 8.42 Å². The normalized spacial score (nSPS) is 11.1. The van der Waals surface area contributed by atoms with Crippen LogP contribution in [0.25, 0.3) is 0 Å². The van der Waals surface area contributed by atoms with Crippen molar-refractivity contribution in [2.45, 2.75) is 19.8 Å². The molecule has 0 aromatic heterocycles. The Kier molecular flexibility index (Phi) is 5.83. The zero-order chi connectivity index (χ0) is 15.8. The van der Waals surface area contributed by atoms with Crippen molar-refractivity contribution < 1.29 is 8.42 Å². The van der Waals surface area contributed by atoms with E-state index < -0.39 is 10.0 Å². The van der Waals surface area contributed by atoms with Crippen molar-refractivity contribution in [2.75, 3.05) is 22.3 Å². The van der Waals surface area contributed by atoms with Crippen LogP contribution in [-0.2, 0) is 16.4 Å². The quantitative estimate of drug-likeness (QED) is 0.733. The van der Waals surface area contributed by atoms with Gasteiger partial charge in [-0.25, -0.2) is 8.42 Å². The Morgan fingerprint density at radius 3 is 2.18 bits per heavy atom. The Labute approximate surface area is 132 Å². The van der Waals surface area contributed by atoms with E-state index in [1.165, 1.54) is 5.56 Å². The van der Waals surface area contributed by atoms with Crippen LogP contribution in [-0.4, -0.2) is 20.7 Å². The lowest BCUT2D eigenvalue weighted by Crippen LogP contribution is -2.14. The first-order valence-corrected chi connectivity index (χ1v) is 9.12. The third-order valence-corrected chi connectivity index (χ3v) is 4.66. The van der Waals surface area contributed by atoms with Crippen molar-refractivity contribution in [2.24, 2.45) is 0 Å². The van der Waals surface area contributed by atoms with Crippen molar-refractivity contribution in [3.05, 3.63) is 60.2 Å². The summed E-state index contributed by atoms with van der Waals surface area (Å²) in [5.41, 5.74) is 2.93. The Balaban J connectivity index is 1.77. The van der Waals surface area contributed by atoms with E-state index in [0.29, 0.717) is 5.69 Å². The van der Waals surface area contributed by atoms with Gasteiger partial charge in [-0.3, -0.25) is 4.72 Å². The highest BCUT2D eigenvalue weighted by atomic mass is 32.2. The van der Waals surface area contributed by atoms with Gasteiger partial charge in [0.15, 0.2) is 0 Å². The largest absolute Gasteiger partial charge is 0.385 e. The van der Waals surface area contributed by atoms with Gasteiger partial charge in [0.2, 0.25) is 10.0 Å². The van der Waals surface area contributed by atoms with Gasteiger partial charge in [-0.1, -0.05) is 30.3 Å². The van der Waals surface area contributed by atoms with Crippen molar-refractivity contribution in [1.82, 2.24) is 0 Å². The van der Waals surface area contributed by atoms with E-state index in [0.717, 1.165) is 25.1 Å². The summed E-state index contributed by atoms with van der Waals surface area (Å²) in [6, 6.07) is 17.7. The summed E-state index contributed by atoms with van der Waals surface area (Å²) >= 11 is 0. The first-order chi connectivity index (χ1) is 10.6. The van der Waals surface area contributed by atoms with E-state index in [4.69, 9.17) is 0 Å². The maximum Gasteiger partial charge on any atom is 0.232 e. The molecule has 2 aromatic rings. The molecule has 0 heterocycles. The number of nitrogens with one attached hydrogen (secondary N) is 2. The molecule has 0 saturated carbocycles. The van der Waals surface area contributed by atoms with E-state index in [2.05, 4.69) is 34.3 Å². The fourth-order valence-electron chi connectivity index (χ4n) is 2.08. The Morgan fingerprint density at radius 2 is 1.55 bits per heavy atom. The minimum Gasteiger partial charge on any atom is -0.385 e. The van der Waals surface area contributed by atoms with Gasteiger partial charge >= 0.3 is 0 Å². The molecule has 0 fully saturated rings. The van der Waals surface area contributed by atoms with Gasteiger partial charge in [0.25, 0.3) is 0 Å². The van der Waals surface area contributed by atoms with Gasteiger partial charge in [0.05, 0.1) is 5.75 Å². The van der Waals surface area contributed by atoms with Crippen LogP contribution in [0, 0.1) is 0 Å². The predicted molar refractivity (Wildman–Crippen MR) is 92.8 cm³/mol. The molecule has 4 nitrogen and oxygen atoms in total. The van der Waals surface area contributed by atoms with Crippen LogP contribution in [0.15, 0.2) is 54.6 Å². The Hall–Kier alpha value is -2.01. The molecule has 0 aliphatic heterocycles. The molecule has 0 radical (unpaired) electrons. The van der Waals surface area contributed by atoms with Crippen LogP contribution < -0.4 is 10.0 Å². The topological polar surface area (TPSA) is 58.2 Å². The van der Waals surface area contributed by atoms with Gasteiger partial charge in [-0.15, -0.1) is 0 Å². The molecule has 0 saturated heterocycles. The first-order valence-electron chi connectivity index (χ1n) is 7.47. The Morgan fingerprint density at radius 1 is 0.909 bits per heavy atom. The van der Waals surface area contributed by atoms with Crippen LogP contribution in [0.2, 0.25) is 0 Å². The molecule has 0 atom stereocenters. The SMILES string of the molecule is CCS(=O)(=O)Nc1ccc(NCCCc2ccccc2)cc1. The number of sulfonamides is 1. The van der Waals surface area contributed by atoms with E-state index in [-0.39, 0.29) is 5.75 Å². The summed E-state index contributed by atoms with van der Waals surface area (Å²) in [6.45, 7) is 2.50. The zero-order valence-corrected chi connectivity index (χ0v) is 13.6. The number of aryl methyl sites for hydroxylation is 1. The van der Waals surface area contributed by atoms with Crippen LogP contribution in [0.5, 0.6) is 0 Å². The van der Waals surface area contributed by atoms with Gasteiger partial charge in [0.1, 0.15) is 0 Å². The van der Waals surface area contributed by atoms with Crippen LogP contribution in [0.1, 0.15) is 18.9 Å². The van der Waals surface area contributed by atoms with E-state index in [1.807, 2.05) is 18.2 Å². The van der Waals surface area contributed by atoms with Crippen molar-refractivity contribution in [3.63, 3.8) is 0 Å². The number of rotatable bonds is 8. The second kappa shape index (κ2) is 7.84. The van der Waals surface area contributed by atoms with E-state index >= 15 is 0 Å². The number of hydrogen-bond donors (Lipinski definition) is 2. The molecule has 118 valence electrons. The van der Waals surface area contributed by atoms with Crippen LogP contribution >= 0.6 is 0 Å². The molecule has 0 amide bonds. The third-order valence-electron chi connectivity index (χ3n) is 3.35. The lowest BCUT2D eigenvalue weighted by molar-refractivity contribution is 0.602. The highest BCUT2D eigenvalue weighted by Crippen LogP contribution is 2.15. The van der Waals surface area contributed by atoms with Crippen molar-refractivity contribution in [1.29, 1.82) is 0 Å². The molecule has 0 aliphatic carbocycles. The molecule has 0 spiro atoms. The highest BCUT2D eigenvalue weighted by Gasteiger charge is 2.05. The average Bonchev–Trinajstić information content (AvgIpc) is 2.54. The molecule has 5 heteroatoms. The molecule has 22 heavy (non-hydrogen) atoms. The molecular weight excluding hydrogens is 296 g/mol. The van der Waals surface area contributed by atoms with Gasteiger partial charge in [-0.2, -0.15) is 0 Å². The second-order valence-corrected chi connectivity index (χ2v) is 7.11. The number of benzene rings is 2. The molecule has 2 aromatic carbocycles. The van der Waals surface area contributed by atoms with Gasteiger partial charge in [-0.05, 0) is 49.6 Å². The first kappa shape index (κ1) is 16.4. The number of anilines is 2. The van der Waals surface area contributed by atoms with Crippen molar-refractivity contribution in [3.8, 4) is 0 Å². The monoisotopic (exact) mass is 318 g/mol. The summed E-state index contributed by atoms with van der Waals surface area (Å²) in [6.07, 6.45) is 2.09. The molecule has 0 aliphatic rings. The van der Waals surface area contributed by atoms with E-state index in [1.54, 1.807) is 19.1 Å². The Bertz CT molecular complexity index is 668. The average molecular weight is 318 g/mol. The van der Waals surface area contributed by atoms with Gasteiger partial charge in [0, 0.05) is 17.9 Å². The molecule has 2 rings (SSSR count). The molecular formula is C17H22N2O2S. The summed E-state index contributed by atoms with van der Waals surface area (Å²) < 4.78 is 25.5. The second-order valence-electron chi connectivity index (χ2n) is 5.10. The molecule has 0 bridgehead atoms. The number of hydrogen-bond acceptors (Lipinski definition) is 3. The lowest BCUT2D eigenvalue weighted by atomic mass is 10.1. The molecule has 0 unspecified atom stereocenters. The summed E-state index contributed by atoms with van der Waals surface area (Å²) in [7, 11) is -3.21. The fourth-order valence-corrected chi connectivity index (χ4v) is 2.72. The summed E-state index contributed by atoms with van der Waals surface area (Å²) in [4.78, 5) is 0. The lowest BCUT2D eigenvalue weighted by Gasteiger charge is -2.09. The smallest absolute Gasteiger partial charge is 0.232 e. The minimum absolute atomic E-state index is 0.0759. The minimum atomic E-state index is -3.21. The fraction of sp³-hybridized carbons (Fsp3) is 0.294. The third kappa shape index (κ3) is 5.41. The standard InChI is InChI=1S/C17H22N2O2S/c1-2-22(20,21)19-17-12-10-16(11-13-17)18-14-6-9-15-7-4-3-5-8-15/h3-5,7-8,10-13,18-19H,2,6,9,14H2,1H3. The highest BCUT2D eigenvalue weighted by molar-refractivity contribution is 7.92. The zero-order valence-electron chi connectivity index (χ0n) is 12.7. The molecule has 2 N–H and O–H groups in total. The van der Waals surface area contributed by atoms with Crippen molar-refractivity contribution >= 4 is 21.4 Å². The van der Waals surface area contributed by atoms with Crippen LogP contribution in [0.3, 0.4) is 0 Å². The summed E-state index contributed by atoms with van der Waals surface area (Å²) in [5, 5.41) is 3.34. The maximum atomic E-state index is 11.5. The maximum absolute atomic E-state index is 11.5. The predicted octanol–water partition coefficient (Wildman–Crippen LogP) is 3.49. The van der Waals surface area contributed by atoms with Gasteiger partial charge < -0.3 is 5.32 Å². The van der Waals surface area contributed by atoms with Crippen LogP contribution in [0.4, 0.5) is 11.4 Å².